The fourth-order valence-electron chi connectivity index (χ4n) is 2.76. The summed E-state index contributed by atoms with van der Waals surface area (Å²) in [5.74, 6) is 0. The van der Waals surface area contributed by atoms with Crippen molar-refractivity contribution < 1.29 is 0 Å². The predicted octanol–water partition coefficient (Wildman–Crippen LogP) is 5.56. The quantitative estimate of drug-likeness (QED) is 0.628. The van der Waals surface area contributed by atoms with E-state index in [1.54, 1.807) is 0 Å². The molecule has 3 heteroatoms. The second-order valence-electron chi connectivity index (χ2n) is 5.09. The lowest BCUT2D eigenvalue weighted by Gasteiger charge is -2.19. The molecule has 0 aliphatic rings. The molecule has 1 N–H and O–H groups in total. The van der Waals surface area contributed by atoms with E-state index in [1.807, 2.05) is 11.3 Å². The highest BCUT2D eigenvalue weighted by Crippen LogP contribution is 2.30. The molecule has 0 spiro atoms. The minimum absolute atomic E-state index is 0.353. The molecule has 3 aromatic rings. The third-order valence-electron chi connectivity index (χ3n) is 3.68. The Balaban J connectivity index is 1.98. The smallest absolute Gasteiger partial charge is 0.0701 e. The van der Waals surface area contributed by atoms with Crippen LogP contribution in [-0.4, -0.2) is 6.54 Å². The highest BCUT2D eigenvalue weighted by Gasteiger charge is 2.14. The van der Waals surface area contributed by atoms with Gasteiger partial charge in [0, 0.05) is 17.3 Å². The van der Waals surface area contributed by atoms with Gasteiger partial charge in [0.1, 0.15) is 0 Å². The lowest BCUT2D eigenvalue weighted by Crippen LogP contribution is -2.22. The van der Waals surface area contributed by atoms with Crippen LogP contribution < -0.4 is 5.32 Å². The van der Waals surface area contributed by atoms with Gasteiger partial charge in [-0.2, -0.15) is 0 Å². The van der Waals surface area contributed by atoms with Crippen molar-refractivity contribution in [3.63, 3.8) is 0 Å². The zero-order valence-electron chi connectivity index (χ0n) is 12.0. The summed E-state index contributed by atoms with van der Waals surface area (Å²) in [6.45, 7) is 3.14. The fraction of sp³-hybridized carbons (Fsp3) is 0.222. The van der Waals surface area contributed by atoms with E-state index < -0.39 is 0 Å². The Hall–Kier alpha value is -1.16. The summed E-state index contributed by atoms with van der Waals surface area (Å²) >= 11 is 5.37. The first-order chi connectivity index (χ1) is 10.3. The van der Waals surface area contributed by atoms with E-state index in [-0.39, 0.29) is 0 Å². The Bertz CT molecular complexity index is 729. The number of fused-ring (bicyclic) bond motifs is 1. The number of benzene rings is 2. The van der Waals surface area contributed by atoms with Crippen molar-refractivity contribution in [1.82, 2.24) is 5.32 Å². The molecule has 0 saturated carbocycles. The van der Waals surface area contributed by atoms with E-state index in [0.717, 1.165) is 13.0 Å². The molecule has 0 fully saturated rings. The van der Waals surface area contributed by atoms with E-state index in [4.69, 9.17) is 0 Å². The van der Waals surface area contributed by atoms with Crippen LogP contribution in [0.25, 0.3) is 10.8 Å². The predicted molar refractivity (Wildman–Crippen MR) is 96.1 cm³/mol. The SMILES string of the molecule is CCNC(Cc1ccc(Br)s1)c1cccc2ccccc12. The fourth-order valence-corrected chi connectivity index (χ4v) is 4.28. The van der Waals surface area contributed by atoms with Crippen molar-refractivity contribution in [2.24, 2.45) is 0 Å². The summed E-state index contributed by atoms with van der Waals surface area (Å²) in [5.41, 5.74) is 1.39. The Labute approximate surface area is 138 Å². The molecule has 0 aliphatic carbocycles. The number of hydrogen-bond donors (Lipinski definition) is 1. The van der Waals surface area contributed by atoms with Gasteiger partial charge in [-0.1, -0.05) is 49.4 Å². The second-order valence-corrected chi connectivity index (χ2v) is 7.64. The van der Waals surface area contributed by atoms with Gasteiger partial charge in [0.25, 0.3) is 0 Å². The van der Waals surface area contributed by atoms with Crippen molar-refractivity contribution in [1.29, 1.82) is 0 Å². The third-order valence-corrected chi connectivity index (χ3v) is 5.33. The lowest BCUT2D eigenvalue weighted by atomic mass is 9.96. The largest absolute Gasteiger partial charge is 0.310 e. The van der Waals surface area contributed by atoms with Crippen LogP contribution in [0.3, 0.4) is 0 Å². The molecule has 1 nitrogen and oxygen atoms in total. The maximum absolute atomic E-state index is 3.64. The Morgan fingerprint density at radius 1 is 1.05 bits per heavy atom. The Morgan fingerprint density at radius 3 is 2.62 bits per heavy atom. The molecular formula is C18H18BrNS. The number of halogens is 1. The molecule has 1 heterocycles. The van der Waals surface area contributed by atoms with Crippen molar-refractivity contribution in [3.8, 4) is 0 Å². The minimum atomic E-state index is 0.353. The number of nitrogens with one attached hydrogen (secondary N) is 1. The zero-order valence-corrected chi connectivity index (χ0v) is 14.4. The molecule has 2 aromatic carbocycles. The summed E-state index contributed by atoms with van der Waals surface area (Å²) in [4.78, 5) is 1.40. The average Bonchev–Trinajstić information content (AvgIpc) is 2.91. The second kappa shape index (κ2) is 6.73. The van der Waals surface area contributed by atoms with Gasteiger partial charge in [0.15, 0.2) is 0 Å². The monoisotopic (exact) mass is 359 g/mol. The van der Waals surface area contributed by atoms with Gasteiger partial charge in [-0.15, -0.1) is 11.3 Å². The van der Waals surface area contributed by atoms with Crippen LogP contribution in [-0.2, 0) is 6.42 Å². The average molecular weight is 360 g/mol. The minimum Gasteiger partial charge on any atom is -0.310 e. The molecule has 3 rings (SSSR count). The van der Waals surface area contributed by atoms with Crippen molar-refractivity contribution in [3.05, 3.63) is 68.8 Å². The molecule has 1 aromatic heterocycles. The van der Waals surface area contributed by atoms with Crippen LogP contribution in [0.1, 0.15) is 23.4 Å². The summed E-state index contributed by atoms with van der Waals surface area (Å²) in [7, 11) is 0. The molecule has 0 amide bonds. The van der Waals surface area contributed by atoms with Gasteiger partial charge in [-0.05, 0) is 50.9 Å². The number of likely N-dealkylation sites (N-methyl/N-ethyl adjacent to an activating group) is 1. The first-order valence-electron chi connectivity index (χ1n) is 7.23. The topological polar surface area (TPSA) is 12.0 Å². The van der Waals surface area contributed by atoms with Gasteiger partial charge >= 0.3 is 0 Å². The van der Waals surface area contributed by atoms with Gasteiger partial charge in [-0.25, -0.2) is 0 Å². The molecular weight excluding hydrogens is 342 g/mol. The first kappa shape index (κ1) is 14.8. The maximum Gasteiger partial charge on any atom is 0.0701 e. The van der Waals surface area contributed by atoms with Crippen LogP contribution in [0.4, 0.5) is 0 Å². The Morgan fingerprint density at radius 2 is 1.86 bits per heavy atom. The Kier molecular flexibility index (Phi) is 4.73. The molecule has 0 aliphatic heterocycles. The number of hydrogen-bond acceptors (Lipinski definition) is 2. The summed E-state index contributed by atoms with van der Waals surface area (Å²) in [5, 5.41) is 6.30. The molecule has 0 radical (unpaired) electrons. The van der Waals surface area contributed by atoms with Crippen LogP contribution in [0.5, 0.6) is 0 Å². The standard InChI is InChI=1S/C18H18BrNS/c1-2-20-17(12-14-10-11-18(19)21-14)16-9-5-7-13-6-3-4-8-15(13)16/h3-11,17,20H,2,12H2,1H3. The van der Waals surface area contributed by atoms with Crippen molar-refractivity contribution in [2.75, 3.05) is 6.54 Å². The van der Waals surface area contributed by atoms with Crippen LogP contribution in [0, 0.1) is 0 Å². The first-order valence-corrected chi connectivity index (χ1v) is 8.84. The van der Waals surface area contributed by atoms with Gasteiger partial charge in [0.05, 0.1) is 3.79 Å². The highest BCUT2D eigenvalue weighted by molar-refractivity contribution is 9.11. The van der Waals surface area contributed by atoms with Crippen LogP contribution in [0.15, 0.2) is 58.4 Å². The number of thiophene rings is 1. The molecule has 0 bridgehead atoms. The molecule has 1 atom stereocenters. The van der Waals surface area contributed by atoms with Gasteiger partial charge < -0.3 is 5.32 Å². The highest BCUT2D eigenvalue weighted by atomic mass is 79.9. The molecule has 21 heavy (non-hydrogen) atoms. The van der Waals surface area contributed by atoms with Gasteiger partial charge in [-0.3, -0.25) is 0 Å². The van der Waals surface area contributed by atoms with E-state index in [2.05, 4.69) is 82.8 Å². The van der Waals surface area contributed by atoms with E-state index >= 15 is 0 Å². The van der Waals surface area contributed by atoms with Crippen LogP contribution in [0.2, 0.25) is 0 Å². The molecule has 1 unspecified atom stereocenters. The third kappa shape index (κ3) is 3.37. The lowest BCUT2D eigenvalue weighted by molar-refractivity contribution is 0.557. The van der Waals surface area contributed by atoms with Crippen molar-refractivity contribution in [2.45, 2.75) is 19.4 Å². The molecule has 108 valence electrons. The summed E-state index contributed by atoms with van der Waals surface area (Å²) in [6.07, 6.45) is 1.03. The normalized spacial score (nSPS) is 12.7. The maximum atomic E-state index is 3.64. The van der Waals surface area contributed by atoms with Crippen molar-refractivity contribution >= 4 is 38.0 Å². The van der Waals surface area contributed by atoms with Gasteiger partial charge in [0.2, 0.25) is 0 Å². The summed E-state index contributed by atoms with van der Waals surface area (Å²) in [6, 6.07) is 19.9. The van der Waals surface area contributed by atoms with E-state index in [0.29, 0.717) is 6.04 Å². The van der Waals surface area contributed by atoms with Crippen LogP contribution >= 0.6 is 27.3 Å². The summed E-state index contributed by atoms with van der Waals surface area (Å²) < 4.78 is 1.20. The number of rotatable bonds is 5. The van der Waals surface area contributed by atoms with E-state index in [1.165, 1.54) is 25.0 Å². The molecule has 0 saturated heterocycles. The zero-order chi connectivity index (χ0) is 14.7. The van der Waals surface area contributed by atoms with E-state index in [9.17, 15) is 0 Å².